The Kier molecular flexibility index (Phi) is 6.90. The van der Waals surface area contributed by atoms with Gasteiger partial charge in [-0.3, -0.25) is 4.99 Å². The first-order chi connectivity index (χ1) is 7.34. The van der Waals surface area contributed by atoms with Crippen molar-refractivity contribution in [3.05, 3.63) is 0 Å². The van der Waals surface area contributed by atoms with Gasteiger partial charge in [-0.25, -0.2) is 0 Å². The van der Waals surface area contributed by atoms with Crippen LogP contribution in [-0.4, -0.2) is 24.4 Å². The van der Waals surface area contributed by atoms with Gasteiger partial charge >= 0.3 is 0 Å². The fraction of sp³-hybridized carbons (Fsp3) is 0.917. The number of amidine groups is 1. The summed E-state index contributed by atoms with van der Waals surface area (Å²) in [5.41, 5.74) is 6.01. The second-order valence-electron chi connectivity index (χ2n) is 4.34. The van der Waals surface area contributed by atoms with Crippen LogP contribution in [0.3, 0.4) is 0 Å². The largest absolute Gasteiger partial charge is 0.387 e. The maximum absolute atomic E-state index is 6.01. The Labute approximate surface area is 98.1 Å². The first kappa shape index (κ1) is 12.9. The van der Waals surface area contributed by atoms with E-state index in [2.05, 4.69) is 11.2 Å². The molecule has 0 radical (unpaired) electrons. The normalized spacial score (nSPS) is 19.4. The molecule has 0 aromatic heterocycles. The van der Waals surface area contributed by atoms with E-state index in [0.717, 1.165) is 12.4 Å². The number of hydrogen-bond donors (Lipinski definition) is 1. The molecule has 1 aliphatic carbocycles. The molecule has 0 atom stereocenters. The Hall–Kier alpha value is -0.180. The summed E-state index contributed by atoms with van der Waals surface area (Å²) >= 11 is 1.91. The minimum atomic E-state index is 0.597. The topological polar surface area (TPSA) is 38.4 Å². The van der Waals surface area contributed by atoms with Crippen molar-refractivity contribution in [2.75, 3.05) is 18.6 Å². The van der Waals surface area contributed by atoms with Crippen molar-refractivity contribution >= 4 is 17.6 Å². The van der Waals surface area contributed by atoms with Crippen LogP contribution in [0.1, 0.15) is 44.9 Å². The summed E-state index contributed by atoms with van der Waals surface area (Å²) in [6.45, 7) is 0.933. The number of rotatable bonds is 6. The molecule has 1 aliphatic rings. The van der Waals surface area contributed by atoms with E-state index in [1.54, 1.807) is 0 Å². The summed E-state index contributed by atoms with van der Waals surface area (Å²) in [5.74, 6) is 2.77. The Morgan fingerprint density at radius 3 is 2.67 bits per heavy atom. The lowest BCUT2D eigenvalue weighted by atomic mass is 9.88. The van der Waals surface area contributed by atoms with E-state index in [1.807, 2.05) is 11.8 Å². The van der Waals surface area contributed by atoms with Gasteiger partial charge in [0.25, 0.3) is 0 Å². The van der Waals surface area contributed by atoms with E-state index >= 15 is 0 Å². The second kappa shape index (κ2) is 8.03. The molecule has 0 saturated heterocycles. The van der Waals surface area contributed by atoms with Gasteiger partial charge < -0.3 is 5.73 Å². The van der Waals surface area contributed by atoms with Crippen LogP contribution in [0.15, 0.2) is 4.99 Å². The van der Waals surface area contributed by atoms with Gasteiger partial charge in [0.15, 0.2) is 0 Å². The standard InChI is InChI=1S/C12H24N2S/c1-15-10-6-5-9-14-12(13)11-7-3-2-4-8-11/h11H,2-10H2,1H3,(H2,13,14). The first-order valence-corrected chi connectivity index (χ1v) is 7.52. The molecule has 1 rings (SSSR count). The molecule has 1 saturated carbocycles. The SMILES string of the molecule is CSCCCCN=C(N)C1CCCCC1. The van der Waals surface area contributed by atoms with Crippen LogP contribution >= 0.6 is 11.8 Å². The Morgan fingerprint density at radius 1 is 1.27 bits per heavy atom. The highest BCUT2D eigenvalue weighted by Gasteiger charge is 2.16. The predicted octanol–water partition coefficient (Wildman–Crippen LogP) is 3.07. The molecule has 0 unspecified atom stereocenters. The van der Waals surface area contributed by atoms with Gasteiger partial charge in [-0.2, -0.15) is 11.8 Å². The van der Waals surface area contributed by atoms with E-state index < -0.39 is 0 Å². The van der Waals surface area contributed by atoms with Gasteiger partial charge in [0.1, 0.15) is 0 Å². The number of nitrogens with two attached hydrogens (primary N) is 1. The molecular formula is C12H24N2S. The molecule has 0 bridgehead atoms. The highest BCUT2D eigenvalue weighted by atomic mass is 32.2. The van der Waals surface area contributed by atoms with Crippen LogP contribution in [0.2, 0.25) is 0 Å². The first-order valence-electron chi connectivity index (χ1n) is 6.13. The summed E-state index contributed by atoms with van der Waals surface area (Å²) in [6.07, 6.45) is 11.2. The van der Waals surface area contributed by atoms with Crippen molar-refractivity contribution in [3.63, 3.8) is 0 Å². The van der Waals surface area contributed by atoms with Crippen molar-refractivity contribution in [2.24, 2.45) is 16.6 Å². The summed E-state index contributed by atoms with van der Waals surface area (Å²) in [5, 5.41) is 0. The molecule has 0 heterocycles. The van der Waals surface area contributed by atoms with E-state index in [1.165, 1.54) is 50.7 Å². The molecule has 0 aromatic carbocycles. The molecule has 2 N–H and O–H groups in total. The van der Waals surface area contributed by atoms with Crippen LogP contribution in [0.5, 0.6) is 0 Å². The van der Waals surface area contributed by atoms with Gasteiger partial charge in [0, 0.05) is 12.5 Å². The third-order valence-corrected chi connectivity index (χ3v) is 3.77. The molecule has 88 valence electrons. The van der Waals surface area contributed by atoms with Gasteiger partial charge in [0.2, 0.25) is 0 Å². The smallest absolute Gasteiger partial charge is 0.0968 e. The Balaban J connectivity index is 2.13. The van der Waals surface area contributed by atoms with E-state index in [9.17, 15) is 0 Å². The molecule has 0 spiro atoms. The number of thioether (sulfide) groups is 1. The molecule has 0 aromatic rings. The van der Waals surface area contributed by atoms with Crippen molar-refractivity contribution in [3.8, 4) is 0 Å². The summed E-state index contributed by atoms with van der Waals surface area (Å²) in [4.78, 5) is 4.50. The van der Waals surface area contributed by atoms with Crippen LogP contribution in [0, 0.1) is 5.92 Å². The Bertz CT molecular complexity index is 186. The maximum atomic E-state index is 6.01. The monoisotopic (exact) mass is 228 g/mol. The summed E-state index contributed by atoms with van der Waals surface area (Å²) in [7, 11) is 0. The van der Waals surface area contributed by atoms with Crippen LogP contribution in [0.4, 0.5) is 0 Å². The highest BCUT2D eigenvalue weighted by Crippen LogP contribution is 2.23. The minimum absolute atomic E-state index is 0.597. The van der Waals surface area contributed by atoms with Crippen LogP contribution in [-0.2, 0) is 0 Å². The predicted molar refractivity (Wildman–Crippen MR) is 70.7 cm³/mol. The van der Waals surface area contributed by atoms with Crippen molar-refractivity contribution < 1.29 is 0 Å². The zero-order valence-electron chi connectivity index (χ0n) is 9.87. The zero-order chi connectivity index (χ0) is 10.9. The zero-order valence-corrected chi connectivity index (χ0v) is 10.7. The van der Waals surface area contributed by atoms with Crippen molar-refractivity contribution in [2.45, 2.75) is 44.9 Å². The molecule has 2 nitrogen and oxygen atoms in total. The number of unbranched alkanes of at least 4 members (excludes halogenated alkanes) is 1. The molecule has 3 heteroatoms. The van der Waals surface area contributed by atoms with Gasteiger partial charge in [-0.1, -0.05) is 19.3 Å². The molecular weight excluding hydrogens is 204 g/mol. The molecule has 15 heavy (non-hydrogen) atoms. The van der Waals surface area contributed by atoms with Crippen LogP contribution < -0.4 is 5.73 Å². The summed E-state index contributed by atoms with van der Waals surface area (Å²) < 4.78 is 0. The average molecular weight is 228 g/mol. The lowest BCUT2D eigenvalue weighted by Gasteiger charge is -2.20. The number of nitrogens with zero attached hydrogens (tertiary/aromatic N) is 1. The van der Waals surface area contributed by atoms with Gasteiger partial charge in [-0.05, 0) is 37.7 Å². The lowest BCUT2D eigenvalue weighted by molar-refractivity contribution is 0.436. The molecule has 0 amide bonds. The third kappa shape index (κ3) is 5.45. The van der Waals surface area contributed by atoms with Crippen LogP contribution in [0.25, 0.3) is 0 Å². The van der Waals surface area contributed by atoms with E-state index in [-0.39, 0.29) is 0 Å². The lowest BCUT2D eigenvalue weighted by Crippen LogP contribution is -2.26. The summed E-state index contributed by atoms with van der Waals surface area (Å²) in [6, 6.07) is 0. The second-order valence-corrected chi connectivity index (χ2v) is 5.33. The molecule has 0 aliphatic heterocycles. The van der Waals surface area contributed by atoms with Gasteiger partial charge in [-0.15, -0.1) is 0 Å². The van der Waals surface area contributed by atoms with Gasteiger partial charge in [0.05, 0.1) is 5.84 Å². The number of aliphatic imine (C=N–C) groups is 1. The third-order valence-electron chi connectivity index (χ3n) is 3.07. The maximum Gasteiger partial charge on any atom is 0.0968 e. The average Bonchev–Trinajstić information content (AvgIpc) is 2.30. The molecule has 1 fully saturated rings. The van der Waals surface area contributed by atoms with E-state index in [4.69, 9.17) is 5.73 Å². The number of hydrogen-bond acceptors (Lipinski definition) is 2. The Morgan fingerprint density at radius 2 is 2.00 bits per heavy atom. The van der Waals surface area contributed by atoms with E-state index in [0.29, 0.717) is 5.92 Å². The van der Waals surface area contributed by atoms with Crippen molar-refractivity contribution in [1.82, 2.24) is 0 Å². The fourth-order valence-corrected chi connectivity index (χ4v) is 2.59. The highest BCUT2D eigenvalue weighted by molar-refractivity contribution is 7.98. The van der Waals surface area contributed by atoms with Crippen molar-refractivity contribution in [1.29, 1.82) is 0 Å². The quantitative estimate of drug-likeness (QED) is 0.431. The minimum Gasteiger partial charge on any atom is -0.387 e. The fourth-order valence-electron chi connectivity index (χ4n) is 2.09.